The SMILES string of the molecule is CC(C)CCCOC(=O)c1ccccc1C(=O)Oc1cccc2cccnc12. The standard InChI is InChI=1S/C23H23NO4/c1-16(2)8-7-15-27-22(25)18-11-3-4-12-19(18)23(26)28-20-13-5-9-17-10-6-14-24-21(17)20/h3-6,9-14,16H,7-8,15H2,1-2H3. The second kappa shape index (κ2) is 9.13. The Morgan fingerprint density at radius 1 is 0.929 bits per heavy atom. The Labute approximate surface area is 164 Å². The molecule has 0 aliphatic rings. The molecule has 0 bridgehead atoms. The third kappa shape index (κ3) is 4.74. The van der Waals surface area contributed by atoms with E-state index in [1.54, 1.807) is 42.6 Å². The van der Waals surface area contributed by atoms with Crippen molar-refractivity contribution in [2.45, 2.75) is 26.7 Å². The lowest BCUT2D eigenvalue weighted by atomic mass is 10.1. The Kier molecular flexibility index (Phi) is 6.37. The van der Waals surface area contributed by atoms with E-state index in [0.29, 0.717) is 23.8 Å². The minimum atomic E-state index is -0.618. The van der Waals surface area contributed by atoms with Gasteiger partial charge in [0.2, 0.25) is 0 Å². The topological polar surface area (TPSA) is 65.5 Å². The smallest absolute Gasteiger partial charge is 0.344 e. The van der Waals surface area contributed by atoms with Gasteiger partial charge in [0.1, 0.15) is 5.52 Å². The summed E-state index contributed by atoms with van der Waals surface area (Å²) in [6.45, 7) is 4.57. The number of aromatic nitrogens is 1. The number of benzene rings is 2. The van der Waals surface area contributed by atoms with Crippen LogP contribution in [0.25, 0.3) is 10.9 Å². The van der Waals surface area contributed by atoms with Crippen molar-refractivity contribution in [3.63, 3.8) is 0 Å². The molecule has 0 unspecified atom stereocenters. The predicted molar refractivity (Wildman–Crippen MR) is 107 cm³/mol. The molecule has 2 aromatic carbocycles. The number of fused-ring (bicyclic) bond motifs is 1. The maximum absolute atomic E-state index is 12.7. The van der Waals surface area contributed by atoms with E-state index in [4.69, 9.17) is 9.47 Å². The molecule has 0 spiro atoms. The monoisotopic (exact) mass is 377 g/mol. The molecule has 3 rings (SSSR count). The van der Waals surface area contributed by atoms with Gasteiger partial charge in [-0.25, -0.2) is 9.59 Å². The zero-order valence-electron chi connectivity index (χ0n) is 16.1. The molecule has 0 saturated heterocycles. The summed E-state index contributed by atoms with van der Waals surface area (Å²) >= 11 is 0. The highest BCUT2D eigenvalue weighted by atomic mass is 16.5. The van der Waals surface area contributed by atoms with Crippen molar-refractivity contribution in [3.8, 4) is 5.75 Å². The van der Waals surface area contributed by atoms with E-state index in [0.717, 1.165) is 18.2 Å². The van der Waals surface area contributed by atoms with Crippen LogP contribution in [0.15, 0.2) is 60.8 Å². The molecule has 144 valence electrons. The Hall–Kier alpha value is -3.21. The summed E-state index contributed by atoms with van der Waals surface area (Å²) in [6, 6.07) is 15.6. The minimum Gasteiger partial charge on any atom is -0.462 e. The Morgan fingerprint density at radius 2 is 1.64 bits per heavy atom. The molecule has 0 N–H and O–H groups in total. The fourth-order valence-electron chi connectivity index (χ4n) is 2.89. The number of carbonyl (C=O) groups is 2. The number of esters is 2. The summed E-state index contributed by atoms with van der Waals surface area (Å²) in [4.78, 5) is 29.5. The molecular weight excluding hydrogens is 354 g/mol. The second-order valence-electron chi connectivity index (χ2n) is 6.94. The van der Waals surface area contributed by atoms with Gasteiger partial charge in [-0.05, 0) is 43.0 Å². The normalized spacial score (nSPS) is 10.8. The molecule has 0 amide bonds. The van der Waals surface area contributed by atoms with Crippen LogP contribution in [0.2, 0.25) is 0 Å². The van der Waals surface area contributed by atoms with Crippen LogP contribution < -0.4 is 4.74 Å². The quantitative estimate of drug-likeness (QED) is 0.328. The predicted octanol–water partition coefficient (Wildman–Crippen LogP) is 5.05. The first kappa shape index (κ1) is 19.5. The number of rotatable bonds is 7. The molecule has 28 heavy (non-hydrogen) atoms. The van der Waals surface area contributed by atoms with Crippen LogP contribution in [0.1, 0.15) is 47.4 Å². The van der Waals surface area contributed by atoms with Crippen LogP contribution in [-0.2, 0) is 4.74 Å². The van der Waals surface area contributed by atoms with E-state index in [-0.39, 0.29) is 11.1 Å². The number of hydrogen-bond donors (Lipinski definition) is 0. The van der Waals surface area contributed by atoms with Gasteiger partial charge in [0.15, 0.2) is 5.75 Å². The third-order valence-corrected chi connectivity index (χ3v) is 4.32. The summed E-state index contributed by atoms with van der Waals surface area (Å²) in [6.07, 6.45) is 3.41. The van der Waals surface area contributed by atoms with Crippen molar-refractivity contribution < 1.29 is 19.1 Å². The summed E-state index contributed by atoms with van der Waals surface area (Å²) in [7, 11) is 0. The summed E-state index contributed by atoms with van der Waals surface area (Å²) in [5, 5.41) is 0.866. The highest BCUT2D eigenvalue weighted by Crippen LogP contribution is 2.24. The number of carbonyl (C=O) groups excluding carboxylic acids is 2. The van der Waals surface area contributed by atoms with Crippen LogP contribution >= 0.6 is 0 Å². The van der Waals surface area contributed by atoms with E-state index in [2.05, 4.69) is 18.8 Å². The van der Waals surface area contributed by atoms with Crippen molar-refractivity contribution >= 4 is 22.8 Å². The van der Waals surface area contributed by atoms with Crippen LogP contribution in [0, 0.1) is 5.92 Å². The molecule has 0 radical (unpaired) electrons. The Balaban J connectivity index is 1.76. The maximum Gasteiger partial charge on any atom is 0.344 e. The van der Waals surface area contributed by atoms with Crippen molar-refractivity contribution in [2.24, 2.45) is 5.92 Å². The first-order chi connectivity index (χ1) is 13.6. The lowest BCUT2D eigenvalue weighted by Crippen LogP contribution is -2.16. The van der Waals surface area contributed by atoms with Crippen molar-refractivity contribution in [3.05, 3.63) is 71.9 Å². The molecule has 0 aliphatic heterocycles. The lowest BCUT2D eigenvalue weighted by molar-refractivity contribution is 0.0486. The highest BCUT2D eigenvalue weighted by molar-refractivity contribution is 6.04. The van der Waals surface area contributed by atoms with Crippen molar-refractivity contribution in [1.82, 2.24) is 4.98 Å². The lowest BCUT2D eigenvalue weighted by Gasteiger charge is -2.11. The van der Waals surface area contributed by atoms with Crippen LogP contribution in [0.4, 0.5) is 0 Å². The maximum atomic E-state index is 12.7. The number of hydrogen-bond acceptors (Lipinski definition) is 5. The summed E-state index contributed by atoms with van der Waals surface area (Å²) in [5.74, 6) is -0.237. The van der Waals surface area contributed by atoms with E-state index in [1.807, 2.05) is 18.2 Å². The van der Waals surface area contributed by atoms with Gasteiger partial charge < -0.3 is 9.47 Å². The molecule has 0 saturated carbocycles. The molecule has 0 fully saturated rings. The molecule has 5 heteroatoms. The van der Waals surface area contributed by atoms with Crippen LogP contribution in [-0.4, -0.2) is 23.5 Å². The van der Waals surface area contributed by atoms with Crippen molar-refractivity contribution in [1.29, 1.82) is 0 Å². The molecule has 1 heterocycles. The fraction of sp³-hybridized carbons (Fsp3) is 0.261. The summed E-state index contributed by atoms with van der Waals surface area (Å²) < 4.78 is 10.9. The fourth-order valence-corrected chi connectivity index (χ4v) is 2.89. The number of ether oxygens (including phenoxy) is 2. The van der Waals surface area contributed by atoms with Gasteiger partial charge in [-0.2, -0.15) is 0 Å². The van der Waals surface area contributed by atoms with Gasteiger partial charge in [-0.3, -0.25) is 4.98 Å². The van der Waals surface area contributed by atoms with Gasteiger partial charge >= 0.3 is 11.9 Å². The number of nitrogens with zero attached hydrogens (tertiary/aromatic N) is 1. The van der Waals surface area contributed by atoms with E-state index in [1.165, 1.54) is 0 Å². The van der Waals surface area contributed by atoms with Gasteiger partial charge in [0.05, 0.1) is 17.7 Å². The van der Waals surface area contributed by atoms with Crippen LogP contribution in [0.5, 0.6) is 5.75 Å². The average Bonchev–Trinajstić information content (AvgIpc) is 2.71. The number of para-hydroxylation sites is 1. The summed E-state index contributed by atoms with van der Waals surface area (Å²) in [5.41, 5.74) is 0.960. The molecule has 3 aromatic rings. The highest BCUT2D eigenvalue weighted by Gasteiger charge is 2.20. The molecule has 0 atom stereocenters. The van der Waals surface area contributed by atoms with Crippen LogP contribution in [0.3, 0.4) is 0 Å². The Bertz CT molecular complexity index is 976. The van der Waals surface area contributed by atoms with Gasteiger partial charge in [0.25, 0.3) is 0 Å². The zero-order valence-corrected chi connectivity index (χ0v) is 16.1. The largest absolute Gasteiger partial charge is 0.462 e. The zero-order chi connectivity index (χ0) is 19.9. The van der Waals surface area contributed by atoms with E-state index < -0.39 is 11.9 Å². The van der Waals surface area contributed by atoms with Crippen molar-refractivity contribution in [2.75, 3.05) is 6.61 Å². The van der Waals surface area contributed by atoms with E-state index in [9.17, 15) is 9.59 Å². The molecule has 1 aromatic heterocycles. The Morgan fingerprint density at radius 3 is 2.39 bits per heavy atom. The van der Waals surface area contributed by atoms with Gasteiger partial charge in [-0.15, -0.1) is 0 Å². The van der Waals surface area contributed by atoms with Gasteiger partial charge in [-0.1, -0.05) is 44.2 Å². The minimum absolute atomic E-state index is 0.171. The van der Waals surface area contributed by atoms with Gasteiger partial charge in [0, 0.05) is 11.6 Å². The molecule has 5 nitrogen and oxygen atoms in total. The van der Waals surface area contributed by atoms with E-state index >= 15 is 0 Å². The first-order valence-electron chi connectivity index (χ1n) is 9.38. The average molecular weight is 377 g/mol. The molecular formula is C23H23NO4. The first-order valence-corrected chi connectivity index (χ1v) is 9.38. The molecule has 0 aliphatic carbocycles. The third-order valence-electron chi connectivity index (χ3n) is 4.32. The number of pyridine rings is 1. The second-order valence-corrected chi connectivity index (χ2v) is 6.94.